The average molecular weight is 286 g/mol. The second-order valence-electron chi connectivity index (χ2n) is 4.54. The molecule has 1 N–H and O–H groups in total. The van der Waals surface area contributed by atoms with Crippen molar-refractivity contribution >= 4 is 21.8 Å². The molecule has 0 aromatic heterocycles. The quantitative estimate of drug-likeness (QED) is 0.927. The zero-order valence-electron chi connectivity index (χ0n) is 9.71. The lowest BCUT2D eigenvalue weighted by atomic mass is 10.1. The van der Waals surface area contributed by atoms with Crippen LogP contribution in [-0.4, -0.2) is 18.1 Å². The van der Waals surface area contributed by atoms with E-state index in [1.807, 2.05) is 45.0 Å². The maximum absolute atomic E-state index is 11.5. The Morgan fingerprint density at radius 2 is 2.12 bits per heavy atom. The van der Waals surface area contributed by atoms with E-state index in [2.05, 4.69) is 21.2 Å². The van der Waals surface area contributed by atoms with Gasteiger partial charge in [-0.15, -0.1) is 0 Å². The van der Waals surface area contributed by atoms with Crippen LogP contribution >= 0.6 is 15.9 Å². The van der Waals surface area contributed by atoms with Gasteiger partial charge in [-0.3, -0.25) is 4.79 Å². The van der Waals surface area contributed by atoms with Crippen LogP contribution in [0.4, 0.5) is 0 Å². The lowest BCUT2D eigenvalue weighted by molar-refractivity contribution is -0.124. The average Bonchev–Trinajstić information content (AvgIpc) is 2.12. The van der Waals surface area contributed by atoms with Gasteiger partial charge in [-0.05, 0) is 39.0 Å². The summed E-state index contributed by atoms with van der Waals surface area (Å²) in [5.41, 5.74) is -0.224. The Labute approximate surface area is 104 Å². The Kier molecular flexibility index (Phi) is 4.35. The summed E-state index contributed by atoms with van der Waals surface area (Å²) >= 11 is 3.34. The van der Waals surface area contributed by atoms with Gasteiger partial charge in [-0.25, -0.2) is 0 Å². The lowest BCUT2D eigenvalue weighted by Gasteiger charge is -2.20. The number of carbonyl (C=O) groups excluding carboxylic acids is 1. The molecule has 4 heteroatoms. The smallest absolute Gasteiger partial charge is 0.258 e. The molecule has 0 saturated carbocycles. The fourth-order valence-electron chi connectivity index (χ4n) is 1.16. The summed E-state index contributed by atoms with van der Waals surface area (Å²) in [5.74, 6) is 0.561. The number of hydrogen-bond donors (Lipinski definition) is 1. The highest BCUT2D eigenvalue weighted by molar-refractivity contribution is 9.10. The summed E-state index contributed by atoms with van der Waals surface area (Å²) in [6.45, 7) is 5.84. The van der Waals surface area contributed by atoms with Gasteiger partial charge in [0.2, 0.25) is 0 Å². The van der Waals surface area contributed by atoms with Crippen molar-refractivity contribution in [2.45, 2.75) is 26.3 Å². The second-order valence-corrected chi connectivity index (χ2v) is 5.46. The molecule has 88 valence electrons. The van der Waals surface area contributed by atoms with E-state index in [0.717, 1.165) is 4.47 Å². The zero-order valence-corrected chi connectivity index (χ0v) is 11.3. The van der Waals surface area contributed by atoms with Crippen LogP contribution < -0.4 is 10.1 Å². The highest BCUT2D eigenvalue weighted by Gasteiger charge is 2.13. The van der Waals surface area contributed by atoms with Crippen LogP contribution in [0.2, 0.25) is 0 Å². The van der Waals surface area contributed by atoms with Gasteiger partial charge in [0, 0.05) is 10.0 Å². The summed E-state index contributed by atoms with van der Waals surface area (Å²) in [7, 11) is 0. The molecule has 0 heterocycles. The van der Waals surface area contributed by atoms with Crippen LogP contribution in [0.5, 0.6) is 5.75 Å². The van der Waals surface area contributed by atoms with Crippen molar-refractivity contribution in [3.63, 3.8) is 0 Å². The van der Waals surface area contributed by atoms with E-state index < -0.39 is 0 Å². The number of halogens is 1. The number of carbonyl (C=O) groups is 1. The molecule has 0 aliphatic rings. The Balaban J connectivity index is 2.43. The van der Waals surface area contributed by atoms with Gasteiger partial charge in [0.05, 0.1) is 0 Å². The van der Waals surface area contributed by atoms with Gasteiger partial charge in [0.15, 0.2) is 6.61 Å². The van der Waals surface area contributed by atoms with E-state index in [9.17, 15) is 4.79 Å². The highest BCUT2D eigenvalue weighted by Crippen LogP contribution is 2.17. The summed E-state index contributed by atoms with van der Waals surface area (Å²) in [6.07, 6.45) is 0. The molecule has 0 aliphatic heterocycles. The number of rotatable bonds is 3. The zero-order chi connectivity index (χ0) is 12.2. The fourth-order valence-corrected chi connectivity index (χ4v) is 1.54. The molecule has 16 heavy (non-hydrogen) atoms. The minimum atomic E-state index is -0.224. The molecule has 1 amide bonds. The highest BCUT2D eigenvalue weighted by atomic mass is 79.9. The van der Waals surface area contributed by atoms with Gasteiger partial charge < -0.3 is 10.1 Å². The molecule has 0 saturated heterocycles. The third kappa shape index (κ3) is 5.16. The van der Waals surface area contributed by atoms with E-state index >= 15 is 0 Å². The van der Waals surface area contributed by atoms with Crippen molar-refractivity contribution < 1.29 is 9.53 Å². The van der Waals surface area contributed by atoms with Crippen LogP contribution in [0, 0.1) is 0 Å². The minimum Gasteiger partial charge on any atom is -0.484 e. The van der Waals surface area contributed by atoms with E-state index in [1.54, 1.807) is 0 Å². The second kappa shape index (κ2) is 5.34. The fraction of sp³-hybridized carbons (Fsp3) is 0.417. The summed E-state index contributed by atoms with van der Waals surface area (Å²) in [5, 5.41) is 2.83. The topological polar surface area (TPSA) is 38.3 Å². The Hall–Kier alpha value is -1.03. The van der Waals surface area contributed by atoms with E-state index in [-0.39, 0.29) is 18.1 Å². The molecular formula is C12H16BrNO2. The molecule has 1 aromatic carbocycles. The first kappa shape index (κ1) is 13.0. The largest absolute Gasteiger partial charge is 0.484 e. The van der Waals surface area contributed by atoms with Crippen molar-refractivity contribution in [3.8, 4) is 5.75 Å². The molecule has 0 unspecified atom stereocenters. The van der Waals surface area contributed by atoms with Crippen LogP contribution in [0.15, 0.2) is 28.7 Å². The van der Waals surface area contributed by atoms with Gasteiger partial charge in [-0.2, -0.15) is 0 Å². The first-order chi connectivity index (χ1) is 7.37. The van der Waals surface area contributed by atoms with Gasteiger partial charge in [0.1, 0.15) is 5.75 Å². The van der Waals surface area contributed by atoms with E-state index in [1.165, 1.54) is 0 Å². The molecule has 0 spiro atoms. The van der Waals surface area contributed by atoms with Crippen molar-refractivity contribution in [1.29, 1.82) is 0 Å². The van der Waals surface area contributed by atoms with Crippen molar-refractivity contribution in [2.24, 2.45) is 0 Å². The van der Waals surface area contributed by atoms with Gasteiger partial charge in [0.25, 0.3) is 5.91 Å². The monoisotopic (exact) mass is 285 g/mol. The maximum atomic E-state index is 11.5. The van der Waals surface area contributed by atoms with Crippen LogP contribution in [0.25, 0.3) is 0 Å². The first-order valence-corrected chi connectivity index (χ1v) is 5.85. The van der Waals surface area contributed by atoms with Crippen LogP contribution in [0.1, 0.15) is 20.8 Å². The summed E-state index contributed by atoms with van der Waals surface area (Å²) in [4.78, 5) is 11.5. The summed E-state index contributed by atoms with van der Waals surface area (Å²) < 4.78 is 6.28. The summed E-state index contributed by atoms with van der Waals surface area (Å²) in [6, 6.07) is 7.41. The lowest BCUT2D eigenvalue weighted by Crippen LogP contribution is -2.43. The molecule has 0 radical (unpaired) electrons. The maximum Gasteiger partial charge on any atom is 0.258 e. The number of nitrogens with one attached hydrogen (secondary N) is 1. The van der Waals surface area contributed by atoms with Gasteiger partial charge >= 0.3 is 0 Å². The molecule has 0 fully saturated rings. The van der Waals surface area contributed by atoms with E-state index in [4.69, 9.17) is 4.74 Å². The third-order valence-corrected chi connectivity index (χ3v) is 2.17. The molecule has 1 rings (SSSR count). The Morgan fingerprint density at radius 1 is 1.44 bits per heavy atom. The first-order valence-electron chi connectivity index (χ1n) is 5.06. The number of hydrogen-bond acceptors (Lipinski definition) is 2. The predicted octanol–water partition coefficient (Wildman–Crippen LogP) is 2.74. The van der Waals surface area contributed by atoms with Crippen LogP contribution in [-0.2, 0) is 4.79 Å². The molecule has 1 aromatic rings. The Morgan fingerprint density at radius 3 is 2.69 bits per heavy atom. The van der Waals surface area contributed by atoms with Crippen LogP contribution in [0.3, 0.4) is 0 Å². The Bertz CT molecular complexity index is 372. The molecule has 0 bridgehead atoms. The van der Waals surface area contributed by atoms with Crippen molar-refractivity contribution in [2.75, 3.05) is 6.61 Å². The number of amides is 1. The molecular weight excluding hydrogens is 270 g/mol. The number of benzene rings is 1. The SMILES string of the molecule is CC(C)(C)NC(=O)COc1cccc(Br)c1. The third-order valence-electron chi connectivity index (χ3n) is 1.68. The van der Waals surface area contributed by atoms with Crippen molar-refractivity contribution in [1.82, 2.24) is 5.32 Å². The van der Waals surface area contributed by atoms with Gasteiger partial charge in [-0.1, -0.05) is 22.0 Å². The minimum absolute atomic E-state index is 0.0354. The number of ether oxygens (including phenoxy) is 1. The predicted molar refractivity (Wildman–Crippen MR) is 67.5 cm³/mol. The molecule has 0 aliphatic carbocycles. The van der Waals surface area contributed by atoms with Crippen molar-refractivity contribution in [3.05, 3.63) is 28.7 Å². The normalized spacial score (nSPS) is 11.0. The molecule has 0 atom stereocenters. The molecule has 3 nitrogen and oxygen atoms in total. The van der Waals surface area contributed by atoms with E-state index in [0.29, 0.717) is 5.75 Å². The standard InChI is InChI=1S/C12H16BrNO2/c1-12(2,3)14-11(15)8-16-10-6-4-5-9(13)7-10/h4-7H,8H2,1-3H3,(H,14,15).